The van der Waals surface area contributed by atoms with E-state index < -0.39 is 10.0 Å². The summed E-state index contributed by atoms with van der Waals surface area (Å²) >= 11 is 0. The number of piperazine rings is 1. The molecule has 3 aliphatic rings. The van der Waals surface area contributed by atoms with Crippen LogP contribution in [0.1, 0.15) is 32.6 Å². The van der Waals surface area contributed by atoms with Gasteiger partial charge in [0.05, 0.1) is 4.90 Å². The Hall–Kier alpha value is -1.93. The van der Waals surface area contributed by atoms with Gasteiger partial charge < -0.3 is 10.2 Å². The van der Waals surface area contributed by atoms with Gasteiger partial charge in [0.15, 0.2) is 0 Å². The van der Waals surface area contributed by atoms with Gasteiger partial charge in [-0.2, -0.15) is 4.31 Å². The summed E-state index contributed by atoms with van der Waals surface area (Å²) in [6, 6.07) is 6.19. The number of carbonyl (C=O) groups is 2. The van der Waals surface area contributed by atoms with Gasteiger partial charge >= 0.3 is 0 Å². The Labute approximate surface area is 166 Å². The van der Waals surface area contributed by atoms with Crippen LogP contribution >= 0.6 is 0 Å². The molecule has 1 aromatic carbocycles. The lowest BCUT2D eigenvalue weighted by atomic mass is 10.0. The number of fused-ring (bicyclic) bond motifs is 1. The Kier molecular flexibility index (Phi) is 5.18. The molecule has 7 nitrogen and oxygen atoms in total. The Morgan fingerprint density at radius 2 is 1.54 bits per heavy atom. The van der Waals surface area contributed by atoms with E-state index in [9.17, 15) is 18.0 Å². The second-order valence-electron chi connectivity index (χ2n) is 8.07. The van der Waals surface area contributed by atoms with Crippen LogP contribution in [0.3, 0.4) is 0 Å². The minimum atomic E-state index is -3.60. The lowest BCUT2D eigenvalue weighted by Gasteiger charge is -2.34. The molecule has 1 heterocycles. The van der Waals surface area contributed by atoms with Gasteiger partial charge in [-0.05, 0) is 48.9 Å². The van der Waals surface area contributed by atoms with Crippen molar-refractivity contribution < 1.29 is 18.0 Å². The van der Waals surface area contributed by atoms with Crippen LogP contribution in [0, 0.1) is 17.8 Å². The number of benzene rings is 1. The lowest BCUT2D eigenvalue weighted by molar-refractivity contribution is -0.134. The predicted molar refractivity (Wildman–Crippen MR) is 105 cm³/mol. The van der Waals surface area contributed by atoms with E-state index >= 15 is 0 Å². The van der Waals surface area contributed by atoms with Crippen LogP contribution in [0.15, 0.2) is 29.2 Å². The van der Waals surface area contributed by atoms with Gasteiger partial charge in [-0.1, -0.05) is 12.8 Å². The smallest absolute Gasteiger partial charge is 0.243 e. The van der Waals surface area contributed by atoms with Crippen molar-refractivity contribution in [1.82, 2.24) is 9.21 Å². The summed E-state index contributed by atoms with van der Waals surface area (Å²) < 4.78 is 27.2. The number of amides is 2. The molecule has 2 atom stereocenters. The highest BCUT2D eigenvalue weighted by Gasteiger charge is 2.55. The molecular weight excluding hydrogens is 378 g/mol. The van der Waals surface area contributed by atoms with E-state index in [0.29, 0.717) is 43.7 Å². The summed E-state index contributed by atoms with van der Waals surface area (Å²) in [5, 5.41) is 2.63. The van der Waals surface area contributed by atoms with Crippen molar-refractivity contribution in [3.8, 4) is 0 Å². The number of sulfonamides is 1. The maximum absolute atomic E-state index is 12.9. The number of carbonyl (C=O) groups excluding carboxylic acids is 2. The Bertz CT molecular complexity index is 848. The van der Waals surface area contributed by atoms with Crippen molar-refractivity contribution in [1.29, 1.82) is 0 Å². The highest BCUT2D eigenvalue weighted by molar-refractivity contribution is 7.89. The zero-order valence-corrected chi connectivity index (χ0v) is 17.0. The van der Waals surface area contributed by atoms with Crippen molar-refractivity contribution in [2.24, 2.45) is 17.8 Å². The molecule has 2 saturated carbocycles. The number of hydrogen-bond acceptors (Lipinski definition) is 4. The first-order valence-corrected chi connectivity index (χ1v) is 11.5. The fourth-order valence-corrected chi connectivity index (χ4v) is 6.20. The first-order chi connectivity index (χ1) is 13.4. The van der Waals surface area contributed by atoms with Gasteiger partial charge in [0.1, 0.15) is 0 Å². The standard InChI is InChI=1S/C20H27N3O4S/c1-14(24)21-15-6-8-16(9-7-15)28(26,27)23-12-10-22(11-13-23)20(25)19-17-4-2-3-5-18(17)19/h6-9,17-19H,2-5,10-13H2,1H3,(H,21,24)/t17-,18-/m1/s1. The van der Waals surface area contributed by atoms with Crippen LogP contribution in [0.25, 0.3) is 0 Å². The molecular formula is C20H27N3O4S. The zero-order chi connectivity index (χ0) is 19.9. The van der Waals surface area contributed by atoms with Crippen LogP contribution in [-0.2, 0) is 19.6 Å². The summed E-state index contributed by atoms with van der Waals surface area (Å²) in [7, 11) is -3.60. The van der Waals surface area contributed by atoms with Gasteiger partial charge in [-0.25, -0.2) is 8.42 Å². The molecule has 1 saturated heterocycles. The van der Waals surface area contributed by atoms with E-state index in [1.165, 1.54) is 49.0 Å². The molecule has 28 heavy (non-hydrogen) atoms. The first-order valence-electron chi connectivity index (χ1n) is 10.0. The quantitative estimate of drug-likeness (QED) is 0.829. The van der Waals surface area contributed by atoms with E-state index in [4.69, 9.17) is 0 Å². The monoisotopic (exact) mass is 405 g/mol. The number of anilines is 1. The van der Waals surface area contributed by atoms with E-state index in [-0.39, 0.29) is 22.6 Å². The molecule has 1 N–H and O–H groups in total. The fraction of sp³-hybridized carbons (Fsp3) is 0.600. The molecule has 0 aromatic heterocycles. The van der Waals surface area contributed by atoms with Gasteiger partial charge in [0, 0.05) is 44.7 Å². The third kappa shape index (κ3) is 3.67. The van der Waals surface area contributed by atoms with Crippen molar-refractivity contribution >= 4 is 27.5 Å². The van der Waals surface area contributed by atoms with Crippen LogP contribution in [0.4, 0.5) is 5.69 Å². The normalized spacial score (nSPS) is 27.8. The second kappa shape index (κ2) is 7.48. The molecule has 2 aliphatic carbocycles. The van der Waals surface area contributed by atoms with E-state index in [1.807, 2.05) is 4.90 Å². The summed E-state index contributed by atoms with van der Waals surface area (Å²) in [6.45, 7) is 2.96. The van der Waals surface area contributed by atoms with Crippen LogP contribution in [0.2, 0.25) is 0 Å². The van der Waals surface area contributed by atoms with Crippen molar-refractivity contribution in [3.05, 3.63) is 24.3 Å². The highest BCUT2D eigenvalue weighted by Crippen LogP contribution is 2.56. The largest absolute Gasteiger partial charge is 0.340 e. The molecule has 152 valence electrons. The third-order valence-electron chi connectivity index (χ3n) is 6.30. The fourth-order valence-electron chi connectivity index (χ4n) is 4.78. The Balaban J connectivity index is 1.36. The first kappa shape index (κ1) is 19.4. The topological polar surface area (TPSA) is 86.8 Å². The zero-order valence-electron chi connectivity index (χ0n) is 16.1. The maximum Gasteiger partial charge on any atom is 0.243 e. The highest BCUT2D eigenvalue weighted by atomic mass is 32.2. The molecule has 2 amide bonds. The molecule has 0 unspecified atom stereocenters. The van der Waals surface area contributed by atoms with Gasteiger partial charge in [-0.15, -0.1) is 0 Å². The molecule has 4 rings (SSSR count). The number of nitrogens with zero attached hydrogens (tertiary/aromatic N) is 2. The minimum absolute atomic E-state index is 0.187. The van der Waals surface area contributed by atoms with E-state index in [0.717, 1.165) is 0 Å². The summed E-state index contributed by atoms with van der Waals surface area (Å²) in [4.78, 5) is 26.0. The average Bonchev–Trinajstić information content (AvgIpc) is 3.42. The molecule has 0 bridgehead atoms. The van der Waals surface area contributed by atoms with E-state index in [1.54, 1.807) is 12.1 Å². The second-order valence-corrected chi connectivity index (χ2v) is 10.0. The Morgan fingerprint density at radius 3 is 2.07 bits per heavy atom. The number of rotatable bonds is 4. The number of hydrogen-bond donors (Lipinski definition) is 1. The molecule has 3 fully saturated rings. The molecule has 8 heteroatoms. The number of nitrogens with one attached hydrogen (secondary N) is 1. The minimum Gasteiger partial charge on any atom is -0.340 e. The summed E-state index contributed by atoms with van der Waals surface area (Å²) in [5.74, 6) is 1.36. The summed E-state index contributed by atoms with van der Waals surface area (Å²) in [5.41, 5.74) is 0.563. The van der Waals surface area contributed by atoms with Crippen molar-refractivity contribution in [2.45, 2.75) is 37.5 Å². The maximum atomic E-state index is 12.9. The Morgan fingerprint density at radius 1 is 0.964 bits per heavy atom. The molecule has 1 aromatic rings. The van der Waals surface area contributed by atoms with Crippen molar-refractivity contribution in [2.75, 3.05) is 31.5 Å². The summed E-state index contributed by atoms with van der Waals surface area (Å²) in [6.07, 6.45) is 4.81. The van der Waals surface area contributed by atoms with Gasteiger partial charge in [0.2, 0.25) is 21.8 Å². The molecule has 1 aliphatic heterocycles. The SMILES string of the molecule is CC(=O)Nc1ccc(S(=O)(=O)N2CCN(C(=O)C3[C@@H]4CCCC[C@@H]34)CC2)cc1. The van der Waals surface area contributed by atoms with E-state index in [2.05, 4.69) is 5.32 Å². The third-order valence-corrected chi connectivity index (χ3v) is 8.22. The van der Waals surface area contributed by atoms with Crippen LogP contribution < -0.4 is 5.32 Å². The van der Waals surface area contributed by atoms with Crippen LogP contribution in [-0.4, -0.2) is 55.6 Å². The van der Waals surface area contributed by atoms with Crippen molar-refractivity contribution in [3.63, 3.8) is 0 Å². The molecule has 0 radical (unpaired) electrons. The van der Waals surface area contributed by atoms with Gasteiger partial charge in [-0.3, -0.25) is 9.59 Å². The molecule has 0 spiro atoms. The predicted octanol–water partition coefficient (Wildman–Crippen LogP) is 1.91. The van der Waals surface area contributed by atoms with Gasteiger partial charge in [0.25, 0.3) is 0 Å². The average molecular weight is 406 g/mol. The lowest BCUT2D eigenvalue weighted by Crippen LogP contribution is -2.51. The van der Waals surface area contributed by atoms with Crippen LogP contribution in [0.5, 0.6) is 0 Å².